The van der Waals surface area contributed by atoms with E-state index in [-0.39, 0.29) is 24.9 Å². The van der Waals surface area contributed by atoms with Crippen molar-refractivity contribution in [3.63, 3.8) is 0 Å². The van der Waals surface area contributed by atoms with E-state index in [2.05, 4.69) is 5.32 Å². The van der Waals surface area contributed by atoms with Crippen molar-refractivity contribution < 1.29 is 19.1 Å². The summed E-state index contributed by atoms with van der Waals surface area (Å²) in [6.07, 6.45) is 0.588. The van der Waals surface area contributed by atoms with E-state index >= 15 is 0 Å². The molecule has 0 aromatic carbocycles. The average molecular weight is 289 g/mol. The van der Waals surface area contributed by atoms with Crippen molar-refractivity contribution in [3.05, 3.63) is 0 Å². The van der Waals surface area contributed by atoms with Gasteiger partial charge in [-0.1, -0.05) is 13.8 Å². The van der Waals surface area contributed by atoms with Gasteiger partial charge in [0.05, 0.1) is 11.2 Å². The second-order valence-electron chi connectivity index (χ2n) is 5.65. The lowest BCUT2D eigenvalue weighted by Crippen LogP contribution is -2.40. The van der Waals surface area contributed by atoms with Crippen molar-refractivity contribution in [2.24, 2.45) is 0 Å². The SMILES string of the molecule is CC.CNC(=O)COC(C)(C)CC(C)(C)OCC(C)=O. The zero-order valence-corrected chi connectivity index (χ0v) is 14.3. The van der Waals surface area contributed by atoms with E-state index in [1.807, 2.05) is 41.5 Å². The number of amides is 1. The Bertz CT molecular complexity index is 298. The van der Waals surface area contributed by atoms with E-state index in [0.29, 0.717) is 6.42 Å². The first-order valence-corrected chi connectivity index (χ1v) is 7.06. The molecule has 120 valence electrons. The van der Waals surface area contributed by atoms with E-state index in [4.69, 9.17) is 9.47 Å². The van der Waals surface area contributed by atoms with Crippen LogP contribution in [0.25, 0.3) is 0 Å². The maximum absolute atomic E-state index is 11.1. The highest BCUT2D eigenvalue weighted by atomic mass is 16.5. The predicted molar refractivity (Wildman–Crippen MR) is 80.8 cm³/mol. The third-order valence-corrected chi connectivity index (χ3v) is 2.39. The van der Waals surface area contributed by atoms with Crippen LogP contribution in [0.5, 0.6) is 0 Å². The van der Waals surface area contributed by atoms with E-state index in [1.54, 1.807) is 7.05 Å². The molecule has 0 aromatic rings. The van der Waals surface area contributed by atoms with Gasteiger partial charge in [-0.25, -0.2) is 0 Å². The van der Waals surface area contributed by atoms with Crippen LogP contribution in [0.15, 0.2) is 0 Å². The Morgan fingerprint density at radius 3 is 1.70 bits per heavy atom. The maximum atomic E-state index is 11.1. The molecule has 0 aliphatic heterocycles. The van der Waals surface area contributed by atoms with Crippen LogP contribution in [-0.2, 0) is 19.1 Å². The van der Waals surface area contributed by atoms with Crippen LogP contribution in [0, 0.1) is 0 Å². The van der Waals surface area contributed by atoms with Gasteiger partial charge in [-0.05, 0) is 34.6 Å². The first-order chi connectivity index (χ1) is 9.08. The van der Waals surface area contributed by atoms with Crippen LogP contribution >= 0.6 is 0 Å². The highest BCUT2D eigenvalue weighted by molar-refractivity contribution is 5.77. The van der Waals surface area contributed by atoms with Gasteiger partial charge in [-0.15, -0.1) is 0 Å². The van der Waals surface area contributed by atoms with Gasteiger partial charge >= 0.3 is 0 Å². The molecule has 0 heterocycles. The summed E-state index contributed by atoms with van der Waals surface area (Å²) in [5.74, 6) is -0.169. The van der Waals surface area contributed by atoms with E-state index in [9.17, 15) is 9.59 Å². The zero-order chi connectivity index (χ0) is 16.4. The lowest BCUT2D eigenvalue weighted by atomic mass is 9.92. The summed E-state index contributed by atoms with van der Waals surface area (Å²) in [6, 6.07) is 0. The summed E-state index contributed by atoms with van der Waals surface area (Å²) in [7, 11) is 1.57. The Morgan fingerprint density at radius 2 is 1.35 bits per heavy atom. The second-order valence-corrected chi connectivity index (χ2v) is 5.65. The third-order valence-electron chi connectivity index (χ3n) is 2.39. The van der Waals surface area contributed by atoms with Gasteiger partial charge in [-0.3, -0.25) is 9.59 Å². The third kappa shape index (κ3) is 12.1. The summed E-state index contributed by atoms with van der Waals surface area (Å²) < 4.78 is 11.1. The van der Waals surface area contributed by atoms with Crippen molar-refractivity contribution in [1.29, 1.82) is 0 Å². The summed E-state index contributed by atoms with van der Waals surface area (Å²) in [5, 5.41) is 2.50. The highest BCUT2D eigenvalue weighted by Gasteiger charge is 2.31. The van der Waals surface area contributed by atoms with E-state index in [0.717, 1.165) is 0 Å². The molecule has 20 heavy (non-hydrogen) atoms. The number of Topliss-reactive ketones (excluding diaryl/α,β-unsaturated/α-hetero) is 1. The minimum absolute atomic E-state index is 0.00726. The average Bonchev–Trinajstić information content (AvgIpc) is 2.35. The molecule has 0 unspecified atom stereocenters. The number of ketones is 1. The van der Waals surface area contributed by atoms with Crippen molar-refractivity contribution >= 4 is 11.7 Å². The Labute approximate surface area is 123 Å². The molecular formula is C15H31NO4. The molecule has 0 aliphatic carbocycles. The van der Waals surface area contributed by atoms with Crippen molar-refractivity contribution in [1.82, 2.24) is 5.32 Å². The van der Waals surface area contributed by atoms with Gasteiger partial charge in [-0.2, -0.15) is 0 Å². The predicted octanol–water partition coefficient (Wildman–Crippen LogP) is 2.33. The molecule has 0 aromatic heterocycles. The monoisotopic (exact) mass is 289 g/mol. The fraction of sp³-hybridized carbons (Fsp3) is 0.867. The number of carbonyl (C=O) groups excluding carboxylic acids is 2. The summed E-state index contributed by atoms with van der Waals surface area (Å²) in [4.78, 5) is 22.0. The Balaban J connectivity index is 0. The van der Waals surface area contributed by atoms with Crippen molar-refractivity contribution in [2.75, 3.05) is 20.3 Å². The summed E-state index contributed by atoms with van der Waals surface area (Å²) >= 11 is 0. The molecule has 0 spiro atoms. The van der Waals surface area contributed by atoms with Crippen molar-refractivity contribution in [3.8, 4) is 0 Å². The number of hydrogen-bond donors (Lipinski definition) is 1. The molecular weight excluding hydrogens is 258 g/mol. The number of ether oxygens (including phenoxy) is 2. The number of hydrogen-bond acceptors (Lipinski definition) is 4. The standard InChI is InChI=1S/C13H25NO4.C2H6/c1-10(15)7-17-12(2,3)9-13(4,5)18-8-11(16)14-6;1-2/h7-9H2,1-6H3,(H,14,16);1-2H3. The molecule has 0 saturated heterocycles. The number of likely N-dealkylation sites (N-methyl/N-ethyl adjacent to an activating group) is 1. The topological polar surface area (TPSA) is 64.6 Å². The minimum atomic E-state index is -0.493. The molecule has 5 heteroatoms. The van der Waals surface area contributed by atoms with Gasteiger partial charge in [0.2, 0.25) is 5.91 Å². The van der Waals surface area contributed by atoms with Crippen LogP contribution in [0.1, 0.15) is 54.9 Å². The fourth-order valence-corrected chi connectivity index (χ4v) is 1.76. The zero-order valence-electron chi connectivity index (χ0n) is 14.3. The van der Waals surface area contributed by atoms with Crippen LogP contribution < -0.4 is 5.32 Å². The molecule has 0 aliphatic rings. The largest absolute Gasteiger partial charge is 0.368 e. The smallest absolute Gasteiger partial charge is 0.245 e. The van der Waals surface area contributed by atoms with Gasteiger partial charge in [0, 0.05) is 13.5 Å². The number of carbonyl (C=O) groups is 2. The molecule has 0 radical (unpaired) electrons. The normalized spacial score (nSPS) is 11.4. The first kappa shape index (κ1) is 21.4. The lowest BCUT2D eigenvalue weighted by Gasteiger charge is -2.34. The van der Waals surface area contributed by atoms with E-state index in [1.165, 1.54) is 6.92 Å². The van der Waals surface area contributed by atoms with Crippen LogP contribution in [-0.4, -0.2) is 43.2 Å². The van der Waals surface area contributed by atoms with Gasteiger partial charge < -0.3 is 14.8 Å². The molecule has 5 nitrogen and oxygen atoms in total. The second kappa shape index (κ2) is 9.88. The molecule has 1 amide bonds. The molecule has 1 N–H and O–H groups in total. The lowest BCUT2D eigenvalue weighted by molar-refractivity contribution is -0.141. The fourth-order valence-electron chi connectivity index (χ4n) is 1.76. The Kier molecular flexibility index (Phi) is 10.6. The van der Waals surface area contributed by atoms with Crippen LogP contribution in [0.4, 0.5) is 0 Å². The maximum Gasteiger partial charge on any atom is 0.245 e. The van der Waals surface area contributed by atoms with Gasteiger partial charge in [0.25, 0.3) is 0 Å². The van der Waals surface area contributed by atoms with E-state index < -0.39 is 11.2 Å². The molecule has 0 saturated carbocycles. The molecule has 0 fully saturated rings. The molecule has 0 bridgehead atoms. The number of nitrogens with one attached hydrogen (secondary N) is 1. The Morgan fingerprint density at radius 1 is 0.950 bits per heavy atom. The quantitative estimate of drug-likeness (QED) is 0.745. The van der Waals surface area contributed by atoms with Gasteiger partial charge in [0.15, 0.2) is 5.78 Å². The molecule has 0 rings (SSSR count). The summed E-state index contributed by atoms with van der Waals surface area (Å²) in [5.41, 5.74) is -0.968. The number of rotatable bonds is 8. The first-order valence-electron chi connectivity index (χ1n) is 7.06. The molecule has 0 atom stereocenters. The van der Waals surface area contributed by atoms with Crippen molar-refractivity contribution in [2.45, 2.75) is 66.1 Å². The van der Waals surface area contributed by atoms with Crippen LogP contribution in [0.3, 0.4) is 0 Å². The minimum Gasteiger partial charge on any atom is -0.368 e. The van der Waals surface area contributed by atoms with Crippen LogP contribution in [0.2, 0.25) is 0 Å². The Hall–Kier alpha value is -0.940. The summed E-state index contributed by atoms with van der Waals surface area (Å²) in [6.45, 7) is 13.2. The highest BCUT2D eigenvalue weighted by Crippen LogP contribution is 2.26. The van der Waals surface area contributed by atoms with Gasteiger partial charge in [0.1, 0.15) is 13.2 Å².